The van der Waals surface area contributed by atoms with Crippen LogP contribution in [0.1, 0.15) is 40.5 Å². The Balaban J connectivity index is 1.77. The van der Waals surface area contributed by atoms with Gasteiger partial charge in [-0.05, 0) is 32.3 Å². The number of aromatic nitrogens is 2. The smallest absolute Gasteiger partial charge is 0.282 e. The number of likely N-dealkylation sites (tertiary alicyclic amines) is 1. The Morgan fingerprint density at radius 3 is 2.58 bits per heavy atom. The molecule has 1 saturated heterocycles. The lowest BCUT2D eigenvalue weighted by atomic mass is 10.0. The Hall–Kier alpha value is -2.70. The molecule has 0 atom stereocenters. The van der Waals surface area contributed by atoms with Gasteiger partial charge in [0.15, 0.2) is 0 Å². The number of piperidine rings is 1. The summed E-state index contributed by atoms with van der Waals surface area (Å²) >= 11 is 0. The average Bonchev–Trinajstić information content (AvgIpc) is 3.00. The first kappa shape index (κ1) is 16.2. The quantitative estimate of drug-likeness (QED) is 0.641. The molecule has 0 bridgehead atoms. The van der Waals surface area contributed by atoms with E-state index < -0.39 is 4.92 Å². The fourth-order valence-corrected chi connectivity index (χ4v) is 3.34. The highest BCUT2D eigenvalue weighted by molar-refractivity contribution is 5.99. The zero-order valence-corrected chi connectivity index (χ0v) is 13.8. The molecule has 3 rings (SSSR count). The van der Waals surface area contributed by atoms with Gasteiger partial charge in [-0.15, -0.1) is 0 Å². The second-order valence-corrected chi connectivity index (χ2v) is 6.19. The summed E-state index contributed by atoms with van der Waals surface area (Å²) in [6.45, 7) is 4.93. The maximum Gasteiger partial charge on any atom is 0.282 e. The number of imidazole rings is 1. The SMILES string of the molecule is Cc1cccc([N+](=O)[O-])c1C(=O)N1CCC(n2cncc2C)CC1. The highest BCUT2D eigenvalue weighted by Crippen LogP contribution is 2.28. The summed E-state index contributed by atoms with van der Waals surface area (Å²) in [6.07, 6.45) is 5.29. The maximum atomic E-state index is 12.8. The van der Waals surface area contributed by atoms with Gasteiger partial charge in [0.25, 0.3) is 11.6 Å². The zero-order chi connectivity index (χ0) is 17.3. The molecule has 0 spiro atoms. The molecule has 0 aliphatic carbocycles. The van der Waals surface area contributed by atoms with Crippen LogP contribution in [0.3, 0.4) is 0 Å². The Bertz CT molecular complexity index is 776. The van der Waals surface area contributed by atoms with Crippen LogP contribution in [0.4, 0.5) is 5.69 Å². The Morgan fingerprint density at radius 2 is 2.00 bits per heavy atom. The monoisotopic (exact) mass is 328 g/mol. The molecule has 0 saturated carbocycles. The number of nitro benzene ring substituents is 1. The van der Waals surface area contributed by atoms with Gasteiger partial charge in [-0.2, -0.15) is 0 Å². The van der Waals surface area contributed by atoms with Crippen molar-refractivity contribution in [1.29, 1.82) is 0 Å². The molecule has 2 aromatic rings. The molecular formula is C17H20N4O3. The van der Waals surface area contributed by atoms with Crippen molar-refractivity contribution < 1.29 is 9.72 Å². The number of hydrogen-bond donors (Lipinski definition) is 0. The summed E-state index contributed by atoms with van der Waals surface area (Å²) in [5, 5.41) is 11.2. The first-order chi connectivity index (χ1) is 11.5. The van der Waals surface area contributed by atoms with Crippen LogP contribution in [-0.2, 0) is 0 Å². The fraction of sp³-hybridized carbons (Fsp3) is 0.412. The third-order valence-corrected chi connectivity index (χ3v) is 4.67. The molecule has 1 aromatic heterocycles. The molecule has 0 N–H and O–H groups in total. The molecular weight excluding hydrogens is 308 g/mol. The minimum atomic E-state index is -0.484. The number of amides is 1. The summed E-state index contributed by atoms with van der Waals surface area (Å²) in [5.41, 5.74) is 1.84. The number of rotatable bonds is 3. The number of hydrogen-bond acceptors (Lipinski definition) is 4. The van der Waals surface area contributed by atoms with Crippen molar-refractivity contribution in [2.75, 3.05) is 13.1 Å². The van der Waals surface area contributed by atoms with E-state index in [-0.39, 0.29) is 17.2 Å². The van der Waals surface area contributed by atoms with Crippen molar-refractivity contribution in [1.82, 2.24) is 14.5 Å². The summed E-state index contributed by atoms with van der Waals surface area (Å²) in [4.78, 5) is 29.4. The van der Waals surface area contributed by atoms with Crippen LogP contribution in [0, 0.1) is 24.0 Å². The number of carbonyl (C=O) groups excluding carboxylic acids is 1. The molecule has 0 radical (unpaired) electrons. The van der Waals surface area contributed by atoms with Crippen LogP contribution >= 0.6 is 0 Å². The van der Waals surface area contributed by atoms with E-state index in [1.165, 1.54) is 6.07 Å². The minimum Gasteiger partial charge on any atom is -0.338 e. The number of carbonyl (C=O) groups is 1. The molecule has 1 aliphatic rings. The number of benzene rings is 1. The first-order valence-corrected chi connectivity index (χ1v) is 8.00. The lowest BCUT2D eigenvalue weighted by Crippen LogP contribution is -2.39. The van der Waals surface area contributed by atoms with Gasteiger partial charge < -0.3 is 9.47 Å². The van der Waals surface area contributed by atoms with Crippen molar-refractivity contribution in [2.24, 2.45) is 0 Å². The van der Waals surface area contributed by atoms with Gasteiger partial charge in [-0.3, -0.25) is 14.9 Å². The molecule has 1 amide bonds. The van der Waals surface area contributed by atoms with Crippen LogP contribution in [0.2, 0.25) is 0 Å². The molecule has 126 valence electrons. The normalized spacial score (nSPS) is 15.5. The molecule has 1 aromatic carbocycles. The van der Waals surface area contributed by atoms with Crippen LogP contribution in [-0.4, -0.2) is 38.4 Å². The van der Waals surface area contributed by atoms with Crippen LogP contribution in [0.25, 0.3) is 0 Å². The fourth-order valence-electron chi connectivity index (χ4n) is 3.34. The van der Waals surface area contributed by atoms with Gasteiger partial charge in [0.2, 0.25) is 0 Å². The molecule has 24 heavy (non-hydrogen) atoms. The van der Waals surface area contributed by atoms with E-state index in [1.807, 2.05) is 19.4 Å². The predicted octanol–water partition coefficient (Wildman–Crippen LogP) is 2.89. The van der Waals surface area contributed by atoms with Crippen LogP contribution in [0.5, 0.6) is 0 Å². The van der Waals surface area contributed by atoms with Crippen molar-refractivity contribution >= 4 is 11.6 Å². The third-order valence-electron chi connectivity index (χ3n) is 4.67. The van der Waals surface area contributed by atoms with E-state index in [0.29, 0.717) is 24.7 Å². The number of nitrogens with zero attached hydrogens (tertiary/aromatic N) is 4. The Morgan fingerprint density at radius 1 is 1.29 bits per heavy atom. The van der Waals surface area contributed by atoms with E-state index in [1.54, 1.807) is 24.0 Å². The van der Waals surface area contributed by atoms with Crippen molar-refractivity contribution in [3.05, 3.63) is 57.7 Å². The first-order valence-electron chi connectivity index (χ1n) is 8.00. The van der Waals surface area contributed by atoms with E-state index in [2.05, 4.69) is 9.55 Å². The minimum absolute atomic E-state index is 0.118. The van der Waals surface area contributed by atoms with Crippen molar-refractivity contribution in [2.45, 2.75) is 32.7 Å². The second-order valence-electron chi connectivity index (χ2n) is 6.19. The molecule has 1 aliphatic heterocycles. The van der Waals surface area contributed by atoms with Gasteiger partial charge in [0.1, 0.15) is 5.56 Å². The highest BCUT2D eigenvalue weighted by Gasteiger charge is 2.30. The Labute approximate surface area is 140 Å². The van der Waals surface area contributed by atoms with Gasteiger partial charge >= 0.3 is 0 Å². The molecule has 7 nitrogen and oxygen atoms in total. The Kier molecular flexibility index (Phi) is 4.33. The number of aryl methyl sites for hydroxylation is 2. The topological polar surface area (TPSA) is 81.3 Å². The van der Waals surface area contributed by atoms with Crippen molar-refractivity contribution in [3.63, 3.8) is 0 Å². The summed E-state index contributed by atoms with van der Waals surface area (Å²) in [7, 11) is 0. The highest BCUT2D eigenvalue weighted by atomic mass is 16.6. The van der Waals surface area contributed by atoms with E-state index in [0.717, 1.165) is 18.5 Å². The van der Waals surface area contributed by atoms with E-state index >= 15 is 0 Å². The lowest BCUT2D eigenvalue weighted by Gasteiger charge is -2.33. The van der Waals surface area contributed by atoms with Crippen LogP contribution < -0.4 is 0 Å². The molecule has 7 heteroatoms. The second kappa shape index (κ2) is 6.43. The third kappa shape index (κ3) is 2.89. The van der Waals surface area contributed by atoms with Gasteiger partial charge in [-0.25, -0.2) is 4.98 Å². The summed E-state index contributed by atoms with van der Waals surface area (Å²) in [5.74, 6) is -0.249. The largest absolute Gasteiger partial charge is 0.338 e. The molecule has 1 fully saturated rings. The maximum absolute atomic E-state index is 12.8. The van der Waals surface area contributed by atoms with Gasteiger partial charge in [0.05, 0.1) is 11.3 Å². The summed E-state index contributed by atoms with van der Waals surface area (Å²) in [6, 6.07) is 5.06. The van der Waals surface area contributed by atoms with E-state index in [4.69, 9.17) is 0 Å². The average molecular weight is 328 g/mol. The van der Waals surface area contributed by atoms with Crippen molar-refractivity contribution in [3.8, 4) is 0 Å². The zero-order valence-electron chi connectivity index (χ0n) is 13.8. The van der Waals surface area contributed by atoms with Gasteiger partial charge in [0, 0.05) is 37.1 Å². The van der Waals surface area contributed by atoms with Gasteiger partial charge in [-0.1, -0.05) is 12.1 Å². The molecule has 0 unspecified atom stereocenters. The van der Waals surface area contributed by atoms with E-state index in [9.17, 15) is 14.9 Å². The lowest BCUT2D eigenvalue weighted by molar-refractivity contribution is -0.385. The van der Waals surface area contributed by atoms with Crippen LogP contribution in [0.15, 0.2) is 30.7 Å². The number of nitro groups is 1. The standard InChI is InChI=1S/C17H20N4O3/c1-12-4-3-5-15(21(23)24)16(12)17(22)19-8-6-14(7-9-19)20-11-18-10-13(20)2/h3-5,10-11,14H,6-9H2,1-2H3. The predicted molar refractivity (Wildman–Crippen MR) is 89.0 cm³/mol. The summed E-state index contributed by atoms with van der Waals surface area (Å²) < 4.78 is 2.14. The molecule has 2 heterocycles.